The minimum Gasteiger partial charge on any atom is -0.477 e. The Bertz CT molecular complexity index is 1310. The van der Waals surface area contributed by atoms with Crippen LogP contribution in [-0.2, 0) is 13.1 Å². The number of hydrogen-bond donors (Lipinski definition) is 1. The van der Waals surface area contributed by atoms with Gasteiger partial charge >= 0.3 is 5.97 Å². The molecule has 0 bridgehead atoms. The molecule has 0 fully saturated rings. The van der Waals surface area contributed by atoms with E-state index in [1.807, 2.05) is 12.1 Å². The molecule has 30 heavy (non-hydrogen) atoms. The molecule has 3 aromatic rings. The number of benzene rings is 1. The van der Waals surface area contributed by atoms with Gasteiger partial charge in [0, 0.05) is 23.9 Å². The predicted molar refractivity (Wildman–Crippen MR) is 110 cm³/mol. The van der Waals surface area contributed by atoms with E-state index >= 15 is 0 Å². The van der Waals surface area contributed by atoms with Crippen molar-refractivity contribution in [3.05, 3.63) is 73.5 Å². The van der Waals surface area contributed by atoms with Gasteiger partial charge in [-0.05, 0) is 19.1 Å². The number of carboxylic acids is 1. The molecule has 0 saturated heterocycles. The zero-order valence-electron chi connectivity index (χ0n) is 15.6. The molecule has 1 N–H and O–H groups in total. The predicted octanol–water partition coefficient (Wildman–Crippen LogP) is 3.53. The largest absolute Gasteiger partial charge is 0.477 e. The second-order valence-electron chi connectivity index (χ2n) is 6.20. The van der Waals surface area contributed by atoms with E-state index in [-0.39, 0.29) is 28.6 Å². The molecule has 2 aromatic heterocycles. The molecule has 0 amide bonds. The van der Waals surface area contributed by atoms with Crippen LogP contribution in [0.15, 0.2) is 35.4 Å². The number of nitriles is 2. The summed E-state index contributed by atoms with van der Waals surface area (Å²) < 4.78 is 3.08. The SMILES string of the molecule is CCn1c(Cn2cnc(C#N)c2C#N)cc(=O)c(C(=O)O)c1-c1ccc(Cl)c(Cl)c1. The van der Waals surface area contributed by atoms with Crippen LogP contribution < -0.4 is 5.43 Å². The van der Waals surface area contributed by atoms with Crippen LogP contribution in [0.3, 0.4) is 0 Å². The average Bonchev–Trinajstić information content (AvgIpc) is 3.10. The van der Waals surface area contributed by atoms with Crippen molar-refractivity contribution in [2.45, 2.75) is 20.0 Å². The van der Waals surface area contributed by atoms with E-state index in [1.165, 1.54) is 29.1 Å². The van der Waals surface area contributed by atoms with Crippen molar-refractivity contribution >= 4 is 29.2 Å². The molecule has 10 heteroatoms. The first-order valence-corrected chi connectivity index (χ1v) is 9.38. The molecular weight excluding hydrogens is 429 g/mol. The van der Waals surface area contributed by atoms with Gasteiger partial charge in [0.1, 0.15) is 17.7 Å². The number of pyridine rings is 1. The van der Waals surface area contributed by atoms with Crippen molar-refractivity contribution in [2.75, 3.05) is 0 Å². The molecular formula is C20H13Cl2N5O3. The fourth-order valence-electron chi connectivity index (χ4n) is 3.21. The third kappa shape index (κ3) is 3.67. The molecule has 0 saturated carbocycles. The minimum absolute atomic E-state index is 0.0326. The lowest BCUT2D eigenvalue weighted by Gasteiger charge is -2.20. The summed E-state index contributed by atoms with van der Waals surface area (Å²) in [6.45, 7) is 2.16. The van der Waals surface area contributed by atoms with Crippen LogP contribution in [0.4, 0.5) is 0 Å². The van der Waals surface area contributed by atoms with E-state index in [0.717, 1.165) is 0 Å². The smallest absolute Gasteiger partial charge is 0.341 e. The Kier molecular flexibility index (Phi) is 5.93. The van der Waals surface area contributed by atoms with Gasteiger partial charge < -0.3 is 14.2 Å². The number of rotatable bonds is 5. The van der Waals surface area contributed by atoms with Crippen LogP contribution >= 0.6 is 23.2 Å². The average molecular weight is 442 g/mol. The molecule has 0 radical (unpaired) electrons. The Hall–Kier alpha value is -3.59. The van der Waals surface area contributed by atoms with Crippen molar-refractivity contribution in [3.8, 4) is 23.4 Å². The number of carboxylic acid groups (broad SMARTS) is 1. The molecule has 0 aliphatic heterocycles. The molecule has 0 atom stereocenters. The first kappa shape index (κ1) is 21.1. The van der Waals surface area contributed by atoms with E-state index < -0.39 is 17.0 Å². The summed E-state index contributed by atoms with van der Waals surface area (Å²) >= 11 is 12.1. The van der Waals surface area contributed by atoms with Crippen LogP contribution in [-0.4, -0.2) is 25.2 Å². The monoisotopic (exact) mass is 441 g/mol. The molecule has 2 heterocycles. The van der Waals surface area contributed by atoms with Crippen molar-refractivity contribution in [1.82, 2.24) is 14.1 Å². The van der Waals surface area contributed by atoms with Gasteiger partial charge in [0.05, 0.1) is 28.6 Å². The van der Waals surface area contributed by atoms with Crippen LogP contribution in [0.1, 0.15) is 34.4 Å². The van der Waals surface area contributed by atoms with Gasteiger partial charge in [0.15, 0.2) is 16.8 Å². The number of halogens is 2. The lowest BCUT2D eigenvalue weighted by atomic mass is 10.0. The first-order chi connectivity index (χ1) is 14.3. The Labute approximate surface area is 180 Å². The fourth-order valence-corrected chi connectivity index (χ4v) is 3.51. The highest BCUT2D eigenvalue weighted by Crippen LogP contribution is 2.30. The summed E-state index contributed by atoms with van der Waals surface area (Å²) in [5.41, 5.74) is -0.0605. The maximum atomic E-state index is 12.7. The second kappa shape index (κ2) is 8.42. The summed E-state index contributed by atoms with van der Waals surface area (Å²) in [7, 11) is 0. The van der Waals surface area contributed by atoms with E-state index in [0.29, 0.717) is 22.8 Å². The standard InChI is InChI=1S/C20H13Cl2N5O3/c1-2-27-12(9-26-10-25-15(7-23)16(26)8-24)6-17(28)18(20(29)30)19(27)11-3-4-13(21)14(22)5-11/h3-6,10H,2,9H2,1H3,(H,29,30). The summed E-state index contributed by atoms with van der Waals surface area (Å²) in [6.07, 6.45) is 1.32. The Morgan fingerprint density at radius 2 is 1.93 bits per heavy atom. The van der Waals surface area contributed by atoms with Gasteiger partial charge in [-0.15, -0.1) is 0 Å². The summed E-state index contributed by atoms with van der Waals surface area (Å²) in [4.78, 5) is 28.5. The zero-order valence-corrected chi connectivity index (χ0v) is 17.1. The highest BCUT2D eigenvalue weighted by Gasteiger charge is 2.23. The number of aromatic carboxylic acids is 1. The van der Waals surface area contributed by atoms with Crippen LogP contribution in [0.5, 0.6) is 0 Å². The van der Waals surface area contributed by atoms with Crippen molar-refractivity contribution in [1.29, 1.82) is 10.5 Å². The molecule has 0 aliphatic rings. The molecule has 8 nitrogen and oxygen atoms in total. The van der Waals surface area contributed by atoms with Gasteiger partial charge in [-0.1, -0.05) is 29.3 Å². The van der Waals surface area contributed by atoms with E-state index in [2.05, 4.69) is 4.98 Å². The topological polar surface area (TPSA) is 125 Å². The normalized spacial score (nSPS) is 10.4. The lowest BCUT2D eigenvalue weighted by molar-refractivity contribution is 0.0695. The van der Waals surface area contributed by atoms with Gasteiger partial charge in [0.2, 0.25) is 0 Å². The highest BCUT2D eigenvalue weighted by molar-refractivity contribution is 6.42. The van der Waals surface area contributed by atoms with Gasteiger partial charge in [-0.25, -0.2) is 9.78 Å². The Morgan fingerprint density at radius 1 is 1.20 bits per heavy atom. The van der Waals surface area contributed by atoms with Gasteiger partial charge in [-0.2, -0.15) is 10.5 Å². The number of aromatic nitrogens is 3. The highest BCUT2D eigenvalue weighted by atomic mass is 35.5. The summed E-state index contributed by atoms with van der Waals surface area (Å²) in [5.74, 6) is -1.37. The molecule has 150 valence electrons. The summed E-state index contributed by atoms with van der Waals surface area (Å²) in [6, 6.07) is 9.56. The third-order valence-corrected chi connectivity index (χ3v) is 5.24. The number of imidazole rings is 1. The number of hydrogen-bond acceptors (Lipinski definition) is 5. The fraction of sp³-hybridized carbons (Fsp3) is 0.150. The van der Waals surface area contributed by atoms with Crippen molar-refractivity contribution in [3.63, 3.8) is 0 Å². The van der Waals surface area contributed by atoms with Crippen molar-refractivity contribution < 1.29 is 9.90 Å². The lowest BCUT2D eigenvalue weighted by Crippen LogP contribution is -2.24. The maximum Gasteiger partial charge on any atom is 0.341 e. The molecule has 1 aromatic carbocycles. The second-order valence-corrected chi connectivity index (χ2v) is 7.01. The van der Waals surface area contributed by atoms with E-state index in [4.69, 9.17) is 28.5 Å². The quantitative estimate of drug-likeness (QED) is 0.645. The number of nitrogens with zero attached hydrogens (tertiary/aromatic N) is 5. The Balaban J connectivity index is 2.30. The van der Waals surface area contributed by atoms with Crippen molar-refractivity contribution in [2.24, 2.45) is 0 Å². The zero-order chi connectivity index (χ0) is 22.0. The minimum atomic E-state index is -1.37. The van der Waals surface area contributed by atoms with Crippen LogP contribution in [0, 0.1) is 22.7 Å². The molecule has 0 aliphatic carbocycles. The summed E-state index contributed by atoms with van der Waals surface area (Å²) in [5, 5.41) is 28.6. The van der Waals surface area contributed by atoms with Gasteiger partial charge in [-0.3, -0.25) is 4.79 Å². The molecule has 0 unspecified atom stereocenters. The number of carbonyl (C=O) groups is 1. The van der Waals surface area contributed by atoms with E-state index in [1.54, 1.807) is 17.6 Å². The Morgan fingerprint density at radius 3 is 2.50 bits per heavy atom. The maximum absolute atomic E-state index is 12.7. The van der Waals surface area contributed by atoms with E-state index in [9.17, 15) is 20.0 Å². The molecule has 3 rings (SSSR count). The first-order valence-electron chi connectivity index (χ1n) is 8.63. The van der Waals surface area contributed by atoms with Crippen LogP contribution in [0.2, 0.25) is 10.0 Å². The third-order valence-electron chi connectivity index (χ3n) is 4.50. The van der Waals surface area contributed by atoms with Crippen LogP contribution in [0.25, 0.3) is 11.3 Å². The van der Waals surface area contributed by atoms with Gasteiger partial charge in [0.25, 0.3) is 0 Å². The molecule has 0 spiro atoms.